The van der Waals surface area contributed by atoms with Gasteiger partial charge >= 0.3 is 58.4 Å². The predicted molar refractivity (Wildman–Crippen MR) is 155 cm³/mol. The van der Waals surface area contributed by atoms with E-state index in [0.717, 1.165) is 0 Å². The molecule has 3 rings (SSSR count). The maximum absolute atomic E-state index is 8.79. The van der Waals surface area contributed by atoms with Crippen LogP contribution < -0.4 is 0 Å². The van der Waals surface area contributed by atoms with Crippen LogP contribution in [0, 0.1) is 83.1 Å². The van der Waals surface area contributed by atoms with Gasteiger partial charge in [0.2, 0.25) is 0 Å². The minimum absolute atomic E-state index is 0. The van der Waals surface area contributed by atoms with Gasteiger partial charge in [0.25, 0.3) is 0 Å². The Morgan fingerprint density at radius 3 is 0.816 bits per heavy atom. The Morgan fingerprint density at radius 1 is 0.474 bits per heavy atom. The summed E-state index contributed by atoms with van der Waals surface area (Å²) in [6.45, 7) is 28.8. The number of aliphatic hydroxyl groups is 1. The largest absolute Gasteiger partial charge is 6.00 e. The quantitative estimate of drug-likeness (QED) is 0.263. The molecule has 1 atom stereocenters. The van der Waals surface area contributed by atoms with Crippen LogP contribution in [0.3, 0.4) is 0 Å². The Balaban J connectivity index is -0.000000218. The van der Waals surface area contributed by atoms with Crippen molar-refractivity contribution in [3.8, 4) is 0 Å². The van der Waals surface area contributed by atoms with Gasteiger partial charge in [-0.15, -0.1) is 0 Å². The summed E-state index contributed by atoms with van der Waals surface area (Å²) in [5.41, 5.74) is 18.7. The van der Waals surface area contributed by atoms with Gasteiger partial charge in [-0.25, -0.2) is 0 Å². The van der Waals surface area contributed by atoms with Crippen molar-refractivity contribution in [2.45, 2.75) is 95.9 Å². The van der Waals surface area contributed by atoms with E-state index in [0.29, 0.717) is 0 Å². The number of aliphatic hydroxyl groups excluding tert-OH is 1. The molecule has 0 aromatic heterocycles. The second-order valence-corrected chi connectivity index (χ2v) is 9.99. The molecule has 0 aliphatic heterocycles. The number of hydrogen-bond acceptors (Lipinski definition) is 1. The van der Waals surface area contributed by atoms with Crippen molar-refractivity contribution < 1.29 is 69.0 Å². The van der Waals surface area contributed by atoms with Crippen LogP contribution >= 0.6 is 0 Å². The average Bonchev–Trinajstić information content (AvgIpc) is 2.87. The van der Waals surface area contributed by atoms with Gasteiger partial charge in [0, 0.05) is 12.5 Å². The summed E-state index contributed by atoms with van der Waals surface area (Å²) in [4.78, 5) is 0. The van der Waals surface area contributed by atoms with Gasteiger partial charge in [-0.05, 0) is 155 Å². The van der Waals surface area contributed by atoms with Crippen molar-refractivity contribution in [2.75, 3.05) is 6.61 Å². The van der Waals surface area contributed by atoms with E-state index in [9.17, 15) is 0 Å². The van der Waals surface area contributed by atoms with Gasteiger partial charge < -0.3 is 10.6 Å². The van der Waals surface area contributed by atoms with Crippen molar-refractivity contribution in [2.24, 2.45) is 0 Å². The third-order valence-electron chi connectivity index (χ3n) is 8.39. The van der Waals surface area contributed by atoms with Gasteiger partial charge in [-0.1, -0.05) is 37.3 Å². The van der Waals surface area contributed by atoms with Crippen LogP contribution in [0.1, 0.15) is 85.2 Å². The first-order chi connectivity index (χ1) is 15.8. The molecule has 0 heterocycles. The molecule has 3 N–H and O–H groups in total. The Hall–Kier alpha value is -0.550. The first kappa shape index (κ1) is 44.5. The van der Waals surface area contributed by atoms with E-state index in [1.54, 1.807) is 0 Å². The normalized spacial score (nSPS) is 10.1. The molecule has 3 aromatic carbocycles. The molecule has 0 spiro atoms. The molecule has 1 radical (unpaired) electrons. The van der Waals surface area contributed by atoms with Crippen LogP contribution in [0.5, 0.6) is 0 Å². The van der Waals surface area contributed by atoms with Gasteiger partial charge in [-0.3, -0.25) is 0 Å². The molecule has 3 aromatic rings. The molecule has 0 aliphatic rings. The van der Waals surface area contributed by atoms with Crippen LogP contribution in [-0.4, -0.2) is 17.2 Å². The second-order valence-electron chi connectivity index (χ2n) is 9.99. The number of benzene rings is 3. The molecule has 38 heavy (non-hydrogen) atoms. The molecule has 0 amide bonds. The minimum atomic E-state index is 0. The molecular weight excluding hydrogens is 732 g/mol. The second kappa shape index (κ2) is 20.3. The molecular formula is C33H50O2Ru3+13. The van der Waals surface area contributed by atoms with Crippen LogP contribution in [0.25, 0.3) is 0 Å². The van der Waals surface area contributed by atoms with Gasteiger partial charge in [0.1, 0.15) is 0 Å². The van der Waals surface area contributed by atoms with Crippen molar-refractivity contribution in [3.05, 3.63) is 103 Å². The molecule has 0 bridgehead atoms. The van der Waals surface area contributed by atoms with Crippen molar-refractivity contribution in [1.29, 1.82) is 0 Å². The van der Waals surface area contributed by atoms with E-state index in [-0.39, 0.29) is 76.4 Å². The van der Waals surface area contributed by atoms with E-state index in [2.05, 4.69) is 83.1 Å². The molecule has 1 unspecified atom stereocenters. The van der Waals surface area contributed by atoms with Gasteiger partial charge in [0.15, 0.2) is 0 Å². The van der Waals surface area contributed by atoms with Crippen molar-refractivity contribution >= 4 is 0 Å². The summed E-state index contributed by atoms with van der Waals surface area (Å²) < 4.78 is 0. The summed E-state index contributed by atoms with van der Waals surface area (Å²) in [6, 6.07) is 10.0. The Morgan fingerprint density at radius 2 is 0.658 bits per heavy atom. The van der Waals surface area contributed by atoms with E-state index in [1.807, 2.05) is 37.3 Å². The van der Waals surface area contributed by atoms with Crippen molar-refractivity contribution in [3.63, 3.8) is 0 Å². The van der Waals surface area contributed by atoms with E-state index in [1.165, 1.54) is 72.3 Å². The third-order valence-corrected chi connectivity index (χ3v) is 8.39. The van der Waals surface area contributed by atoms with Crippen LogP contribution in [-0.2, 0) is 58.4 Å². The maximum Gasteiger partial charge on any atom is 6.00 e. The predicted octanol–water partition coefficient (Wildman–Crippen LogP) is 8.02. The monoisotopic (exact) mass is 784 g/mol. The van der Waals surface area contributed by atoms with Crippen LogP contribution in [0.4, 0.5) is 0 Å². The maximum atomic E-state index is 8.79. The SMILES string of the molecule is CC(CO)c1ccccc1.Cc1c(C)c(C)c(C)c(C)c1C.Cc1c(C)c(C)c(C)c(C)c1C.O.[Ru+6].[Ru+6].[Ru+]. The first-order valence-corrected chi connectivity index (χ1v) is 12.5. The van der Waals surface area contributed by atoms with Crippen molar-refractivity contribution in [1.82, 2.24) is 0 Å². The molecule has 0 saturated heterocycles. The fourth-order valence-corrected chi connectivity index (χ4v) is 4.26. The Labute approximate surface area is 272 Å². The van der Waals surface area contributed by atoms with Gasteiger partial charge in [0.05, 0.1) is 0 Å². The molecule has 5 heteroatoms. The molecule has 0 aliphatic carbocycles. The third kappa shape index (κ3) is 11.1. The topological polar surface area (TPSA) is 51.7 Å². The molecule has 205 valence electrons. The molecule has 2 nitrogen and oxygen atoms in total. The average molecular weight is 782 g/mol. The number of rotatable bonds is 2. The summed E-state index contributed by atoms with van der Waals surface area (Å²) in [5, 5.41) is 8.79. The van der Waals surface area contributed by atoms with E-state index >= 15 is 0 Å². The molecule has 0 saturated carbocycles. The Kier molecular flexibility index (Phi) is 23.8. The first-order valence-electron chi connectivity index (χ1n) is 12.5. The zero-order valence-electron chi connectivity index (χ0n) is 25.7. The van der Waals surface area contributed by atoms with Crippen LogP contribution in [0.2, 0.25) is 0 Å². The van der Waals surface area contributed by atoms with E-state index in [4.69, 9.17) is 5.11 Å². The zero-order valence-corrected chi connectivity index (χ0v) is 30.9. The zero-order chi connectivity index (χ0) is 26.3. The molecule has 0 fully saturated rings. The summed E-state index contributed by atoms with van der Waals surface area (Å²) >= 11 is 0. The van der Waals surface area contributed by atoms with Crippen LogP contribution in [0.15, 0.2) is 30.3 Å². The Bertz CT molecular complexity index is 846. The standard InChI is InChI=1S/2C12H18.C9H12O.H2O.3Ru/c2*1-7-8(2)10(4)12(6)11(5)9(7)3;1-8(7-10)9-5-3-2-4-6-9;;;;/h2*1-6H3;2-6,8,10H,7H2,1H3;1H2;;;/q;;;;+1;2*+6. The van der Waals surface area contributed by atoms with E-state index < -0.39 is 0 Å². The minimum Gasteiger partial charge on any atom is -0.412 e. The summed E-state index contributed by atoms with van der Waals surface area (Å²) in [6.07, 6.45) is 0. The number of hydrogen-bond donors (Lipinski definition) is 1. The fourth-order valence-electron chi connectivity index (χ4n) is 4.26. The smallest absolute Gasteiger partial charge is 0.412 e. The fraction of sp³-hybridized carbons (Fsp3) is 0.455. The van der Waals surface area contributed by atoms with Gasteiger partial charge in [-0.2, -0.15) is 0 Å². The summed E-state index contributed by atoms with van der Waals surface area (Å²) in [7, 11) is 0. The summed E-state index contributed by atoms with van der Waals surface area (Å²) in [5.74, 6) is 0.265.